The first-order valence-corrected chi connectivity index (χ1v) is 9.70. The van der Waals surface area contributed by atoms with E-state index in [1.807, 2.05) is 6.07 Å². The standard InChI is InChI=1S/C19H18FN5O2S/c20-12-5-7-13(8-6-12)22-19-24-16(23-18(21)25-19)10-27-17(26)15-9-11-3-1-2-4-14(11)28-15/h5-9H,1-4,10H2,(H3,21,22,23,24,25). The molecular formula is C19H18FN5O2S. The van der Waals surface area contributed by atoms with Crippen molar-refractivity contribution in [2.45, 2.75) is 32.3 Å². The Morgan fingerprint density at radius 2 is 1.96 bits per heavy atom. The van der Waals surface area contributed by atoms with E-state index in [0.717, 1.165) is 25.7 Å². The van der Waals surface area contributed by atoms with Crippen LogP contribution in [0.4, 0.5) is 22.0 Å². The molecule has 2 aromatic heterocycles. The van der Waals surface area contributed by atoms with Gasteiger partial charge in [0, 0.05) is 10.6 Å². The van der Waals surface area contributed by atoms with E-state index >= 15 is 0 Å². The number of rotatable bonds is 5. The molecule has 0 spiro atoms. The number of nitrogens with two attached hydrogens (primary N) is 1. The number of aryl methyl sites for hydroxylation is 2. The molecule has 1 aliphatic carbocycles. The average Bonchev–Trinajstić information content (AvgIpc) is 3.12. The molecule has 4 rings (SSSR count). The topological polar surface area (TPSA) is 103 Å². The molecule has 0 atom stereocenters. The molecule has 3 aromatic rings. The molecule has 0 saturated heterocycles. The molecule has 0 radical (unpaired) electrons. The zero-order valence-electron chi connectivity index (χ0n) is 14.9. The van der Waals surface area contributed by atoms with Crippen LogP contribution in [0.2, 0.25) is 0 Å². The average molecular weight is 399 g/mol. The van der Waals surface area contributed by atoms with Gasteiger partial charge >= 0.3 is 5.97 Å². The third-order valence-electron chi connectivity index (χ3n) is 4.33. The number of nitrogens with zero attached hydrogens (tertiary/aromatic N) is 3. The SMILES string of the molecule is Nc1nc(COC(=O)c2cc3c(s2)CCCC3)nc(Nc2ccc(F)cc2)n1. The molecule has 9 heteroatoms. The highest BCUT2D eigenvalue weighted by atomic mass is 32.1. The first kappa shape index (κ1) is 18.3. The van der Waals surface area contributed by atoms with E-state index in [1.165, 1.54) is 33.9 Å². The van der Waals surface area contributed by atoms with Crippen molar-refractivity contribution in [3.8, 4) is 0 Å². The Labute approximate surface area is 164 Å². The van der Waals surface area contributed by atoms with E-state index < -0.39 is 5.97 Å². The molecule has 0 bridgehead atoms. The van der Waals surface area contributed by atoms with Gasteiger partial charge in [0.15, 0.2) is 12.4 Å². The zero-order valence-corrected chi connectivity index (χ0v) is 15.8. The Morgan fingerprint density at radius 1 is 1.18 bits per heavy atom. The molecule has 1 aliphatic rings. The molecule has 144 valence electrons. The summed E-state index contributed by atoms with van der Waals surface area (Å²) in [6, 6.07) is 7.65. The number of halogens is 1. The Hall–Kier alpha value is -3.07. The number of nitrogen functional groups attached to an aromatic ring is 1. The maximum absolute atomic E-state index is 13.0. The highest BCUT2D eigenvalue weighted by Crippen LogP contribution is 2.30. The summed E-state index contributed by atoms with van der Waals surface area (Å²) in [5.41, 5.74) is 7.57. The molecule has 3 N–H and O–H groups in total. The minimum absolute atomic E-state index is 0.00255. The van der Waals surface area contributed by atoms with Crippen LogP contribution in [0.3, 0.4) is 0 Å². The predicted molar refractivity (Wildman–Crippen MR) is 104 cm³/mol. The number of hydrogen-bond acceptors (Lipinski definition) is 8. The van der Waals surface area contributed by atoms with Gasteiger partial charge < -0.3 is 15.8 Å². The second-order valence-corrected chi connectivity index (χ2v) is 7.54. The molecule has 0 amide bonds. The highest BCUT2D eigenvalue weighted by molar-refractivity contribution is 7.14. The molecule has 7 nitrogen and oxygen atoms in total. The van der Waals surface area contributed by atoms with Gasteiger partial charge in [-0.2, -0.15) is 15.0 Å². The van der Waals surface area contributed by atoms with E-state index in [0.29, 0.717) is 10.6 Å². The summed E-state index contributed by atoms with van der Waals surface area (Å²) in [6.45, 7) is -0.119. The van der Waals surface area contributed by atoms with Gasteiger partial charge in [-0.3, -0.25) is 0 Å². The predicted octanol–water partition coefficient (Wildman–Crippen LogP) is 3.63. The van der Waals surface area contributed by atoms with Crippen LogP contribution in [0.1, 0.15) is 38.8 Å². The van der Waals surface area contributed by atoms with Crippen LogP contribution in [-0.2, 0) is 24.2 Å². The van der Waals surface area contributed by atoms with Crippen LogP contribution < -0.4 is 11.1 Å². The van der Waals surface area contributed by atoms with Gasteiger partial charge in [0.25, 0.3) is 0 Å². The minimum atomic E-state index is -0.397. The number of carbonyl (C=O) groups excluding carboxylic acids is 1. The van der Waals surface area contributed by atoms with Crippen LogP contribution in [0.5, 0.6) is 0 Å². The Morgan fingerprint density at radius 3 is 2.75 bits per heavy atom. The number of ether oxygens (including phenoxy) is 1. The lowest BCUT2D eigenvalue weighted by molar-refractivity contribution is 0.0468. The van der Waals surface area contributed by atoms with Crippen molar-refractivity contribution >= 4 is 34.9 Å². The van der Waals surface area contributed by atoms with Crippen LogP contribution in [0, 0.1) is 5.82 Å². The van der Waals surface area contributed by atoms with Crippen LogP contribution in [-0.4, -0.2) is 20.9 Å². The van der Waals surface area contributed by atoms with Crippen molar-refractivity contribution in [2.24, 2.45) is 0 Å². The number of nitrogens with one attached hydrogen (secondary N) is 1. The van der Waals surface area contributed by atoms with Gasteiger partial charge in [0.05, 0.1) is 0 Å². The molecule has 0 saturated carbocycles. The molecule has 2 heterocycles. The summed E-state index contributed by atoms with van der Waals surface area (Å²) >= 11 is 1.49. The monoisotopic (exact) mass is 399 g/mol. The van der Waals surface area contributed by atoms with Gasteiger partial charge in [-0.1, -0.05) is 0 Å². The van der Waals surface area contributed by atoms with Crippen molar-refractivity contribution in [3.05, 3.63) is 57.3 Å². The fourth-order valence-corrected chi connectivity index (χ4v) is 4.16. The summed E-state index contributed by atoms with van der Waals surface area (Å²) in [5, 5.41) is 2.92. The number of esters is 1. The minimum Gasteiger partial charge on any atom is -0.453 e. The number of aromatic nitrogens is 3. The molecule has 0 unspecified atom stereocenters. The number of fused-ring (bicyclic) bond motifs is 1. The normalized spacial score (nSPS) is 13.0. The second kappa shape index (κ2) is 7.89. The lowest BCUT2D eigenvalue weighted by Gasteiger charge is -2.08. The third-order valence-corrected chi connectivity index (χ3v) is 5.55. The molecule has 1 aromatic carbocycles. The van der Waals surface area contributed by atoms with Crippen LogP contribution >= 0.6 is 11.3 Å². The van der Waals surface area contributed by atoms with Gasteiger partial charge in [-0.15, -0.1) is 11.3 Å². The van der Waals surface area contributed by atoms with Crippen molar-refractivity contribution in [3.63, 3.8) is 0 Å². The van der Waals surface area contributed by atoms with Crippen LogP contribution in [0.25, 0.3) is 0 Å². The van der Waals surface area contributed by atoms with E-state index in [1.54, 1.807) is 12.1 Å². The Kier molecular flexibility index (Phi) is 5.16. The lowest BCUT2D eigenvalue weighted by atomic mass is 9.99. The fraction of sp³-hybridized carbons (Fsp3) is 0.263. The van der Waals surface area contributed by atoms with Gasteiger partial charge in [0.2, 0.25) is 11.9 Å². The van der Waals surface area contributed by atoms with E-state index in [4.69, 9.17) is 10.5 Å². The number of carbonyl (C=O) groups is 1. The smallest absolute Gasteiger partial charge is 0.348 e. The van der Waals surface area contributed by atoms with E-state index in [-0.39, 0.29) is 30.1 Å². The highest BCUT2D eigenvalue weighted by Gasteiger charge is 2.18. The number of hydrogen-bond donors (Lipinski definition) is 2. The number of anilines is 3. The first-order chi connectivity index (χ1) is 13.6. The summed E-state index contributed by atoms with van der Waals surface area (Å²) in [6.07, 6.45) is 4.36. The van der Waals surface area contributed by atoms with Crippen LogP contribution in [0.15, 0.2) is 30.3 Å². The molecular weight excluding hydrogens is 381 g/mol. The van der Waals surface area contributed by atoms with Gasteiger partial charge in [-0.05, 0) is 61.6 Å². The molecule has 0 aliphatic heterocycles. The summed E-state index contributed by atoms with van der Waals surface area (Å²) < 4.78 is 18.4. The van der Waals surface area contributed by atoms with Crippen molar-refractivity contribution in [2.75, 3.05) is 11.1 Å². The first-order valence-electron chi connectivity index (χ1n) is 8.88. The van der Waals surface area contributed by atoms with Gasteiger partial charge in [-0.25, -0.2) is 9.18 Å². The third kappa shape index (κ3) is 4.25. The Bertz CT molecular complexity index is 983. The molecule has 28 heavy (non-hydrogen) atoms. The fourth-order valence-electron chi connectivity index (χ4n) is 3.01. The number of thiophene rings is 1. The Balaban J connectivity index is 1.42. The largest absolute Gasteiger partial charge is 0.453 e. The quantitative estimate of drug-likeness (QED) is 0.632. The maximum atomic E-state index is 13.0. The summed E-state index contributed by atoms with van der Waals surface area (Å²) in [7, 11) is 0. The lowest BCUT2D eigenvalue weighted by Crippen LogP contribution is -2.10. The second-order valence-electron chi connectivity index (χ2n) is 6.41. The van der Waals surface area contributed by atoms with Crippen molar-refractivity contribution in [1.82, 2.24) is 15.0 Å². The van der Waals surface area contributed by atoms with Crippen molar-refractivity contribution in [1.29, 1.82) is 0 Å². The van der Waals surface area contributed by atoms with Gasteiger partial charge in [0.1, 0.15) is 10.7 Å². The summed E-state index contributed by atoms with van der Waals surface area (Å²) in [4.78, 5) is 26.4. The summed E-state index contributed by atoms with van der Waals surface area (Å²) in [5.74, 6) is -0.323. The van der Waals surface area contributed by atoms with Crippen molar-refractivity contribution < 1.29 is 13.9 Å². The molecule has 0 fully saturated rings. The maximum Gasteiger partial charge on any atom is 0.348 e. The zero-order chi connectivity index (χ0) is 19.5. The number of benzene rings is 1. The van der Waals surface area contributed by atoms with E-state index in [9.17, 15) is 9.18 Å². The van der Waals surface area contributed by atoms with E-state index in [2.05, 4.69) is 20.3 Å².